The van der Waals surface area contributed by atoms with E-state index in [0.717, 1.165) is 45.4 Å². The molecule has 3 aliphatic heterocycles. The maximum atomic E-state index is 7.45. The van der Waals surface area contributed by atoms with Crippen LogP contribution in [0.5, 0.6) is 0 Å². The second kappa shape index (κ2) is 9.33. The molecule has 0 aromatic heterocycles. The molecule has 1 aliphatic carbocycles. The number of fused-ring (bicyclic) bond motifs is 1. The van der Waals surface area contributed by atoms with Crippen molar-refractivity contribution in [1.29, 1.82) is 0 Å². The molecule has 3 heterocycles. The van der Waals surface area contributed by atoms with E-state index in [1.165, 1.54) is 12.8 Å². The van der Waals surface area contributed by atoms with E-state index in [0.29, 0.717) is 30.0 Å². The highest BCUT2D eigenvalue weighted by molar-refractivity contribution is 5.15. The van der Waals surface area contributed by atoms with Crippen LogP contribution < -0.4 is 26.6 Å². The number of nitrogens with one attached hydrogen (secondary N) is 5. The van der Waals surface area contributed by atoms with E-state index in [-0.39, 0.29) is 19.0 Å². The molecule has 0 aromatic rings. The van der Waals surface area contributed by atoms with Gasteiger partial charge >= 0.3 is 0 Å². The lowest BCUT2D eigenvalue weighted by Crippen LogP contribution is -2.68. The minimum absolute atomic E-state index is 0.00300. The summed E-state index contributed by atoms with van der Waals surface area (Å²) in [4.78, 5) is 0. The van der Waals surface area contributed by atoms with Gasteiger partial charge in [-0.2, -0.15) is 0 Å². The van der Waals surface area contributed by atoms with Crippen molar-refractivity contribution in [2.24, 2.45) is 11.8 Å². The molecule has 27 heavy (non-hydrogen) atoms. The highest BCUT2D eigenvalue weighted by Gasteiger charge is 2.43. The van der Waals surface area contributed by atoms with Gasteiger partial charge in [0.05, 0.1) is 12.3 Å². The fourth-order valence-electron chi connectivity index (χ4n) is 5.54. The van der Waals surface area contributed by atoms with Gasteiger partial charge in [0.1, 0.15) is 6.29 Å². The van der Waals surface area contributed by atoms with Crippen LogP contribution in [0.15, 0.2) is 11.6 Å². The van der Waals surface area contributed by atoms with E-state index >= 15 is 0 Å². The molecule has 2 saturated heterocycles. The van der Waals surface area contributed by atoms with Gasteiger partial charge in [-0.15, -0.1) is 0 Å². The van der Waals surface area contributed by atoms with Crippen molar-refractivity contribution in [2.45, 2.75) is 82.9 Å². The summed E-state index contributed by atoms with van der Waals surface area (Å²) in [6.07, 6.45) is 9.43. The molecule has 0 amide bonds. The molecule has 0 aromatic carbocycles. The van der Waals surface area contributed by atoms with Crippen LogP contribution >= 0.6 is 0 Å². The molecule has 0 radical (unpaired) electrons. The SMILES string of the molecule is [2H]C([2H])([2H])CNC1CC(C)NC(NC2CC3CCOC3C(C3=CCNCCC3)C2)N1. The first-order valence-corrected chi connectivity index (χ1v) is 10.9. The van der Waals surface area contributed by atoms with Crippen LogP contribution in [0.1, 0.15) is 56.4 Å². The Kier molecular flexibility index (Phi) is 5.64. The number of rotatable bonds is 5. The minimum atomic E-state index is -1.95. The highest BCUT2D eigenvalue weighted by atomic mass is 16.5. The number of ether oxygens (including phenoxy) is 1. The van der Waals surface area contributed by atoms with E-state index < -0.39 is 6.85 Å². The molecule has 7 unspecified atom stereocenters. The van der Waals surface area contributed by atoms with Gasteiger partial charge in [-0.25, -0.2) is 0 Å². The minimum Gasteiger partial charge on any atom is -0.377 e. The summed E-state index contributed by atoms with van der Waals surface area (Å²) in [5.41, 5.74) is 1.58. The monoisotopic (exact) mass is 380 g/mol. The summed E-state index contributed by atoms with van der Waals surface area (Å²) in [7, 11) is 0. The van der Waals surface area contributed by atoms with E-state index in [4.69, 9.17) is 8.85 Å². The molecule has 6 nitrogen and oxygen atoms in total. The Morgan fingerprint density at radius 2 is 2.26 bits per heavy atom. The molecule has 3 fully saturated rings. The van der Waals surface area contributed by atoms with Gasteiger partial charge in [0, 0.05) is 35.3 Å². The lowest BCUT2D eigenvalue weighted by Gasteiger charge is -2.43. The molecule has 7 atom stereocenters. The van der Waals surface area contributed by atoms with Gasteiger partial charge in [0.2, 0.25) is 0 Å². The molecule has 0 spiro atoms. The zero-order chi connectivity index (χ0) is 21.1. The maximum absolute atomic E-state index is 7.45. The normalized spacial score (nSPS) is 45.1. The average molecular weight is 381 g/mol. The predicted molar refractivity (Wildman–Crippen MR) is 109 cm³/mol. The van der Waals surface area contributed by atoms with Gasteiger partial charge in [-0.3, -0.25) is 16.0 Å². The van der Waals surface area contributed by atoms with Crippen LogP contribution in [0.3, 0.4) is 0 Å². The van der Waals surface area contributed by atoms with Gasteiger partial charge in [0.15, 0.2) is 0 Å². The van der Waals surface area contributed by atoms with Crippen LogP contribution in [0.25, 0.3) is 0 Å². The summed E-state index contributed by atoms with van der Waals surface area (Å²) in [5, 5.41) is 17.6. The second-order valence-electron chi connectivity index (χ2n) is 8.75. The Balaban J connectivity index is 1.37. The van der Waals surface area contributed by atoms with Gasteiger partial charge in [-0.1, -0.05) is 18.5 Å². The smallest absolute Gasteiger partial charge is 0.113 e. The summed E-state index contributed by atoms with van der Waals surface area (Å²) >= 11 is 0. The van der Waals surface area contributed by atoms with Gasteiger partial charge in [-0.05, 0) is 64.5 Å². The van der Waals surface area contributed by atoms with Crippen LogP contribution in [0.4, 0.5) is 0 Å². The van der Waals surface area contributed by atoms with E-state index in [9.17, 15) is 0 Å². The zero-order valence-corrected chi connectivity index (χ0v) is 16.6. The largest absolute Gasteiger partial charge is 0.377 e. The third-order valence-corrected chi connectivity index (χ3v) is 6.75. The Morgan fingerprint density at radius 3 is 3.19 bits per heavy atom. The van der Waals surface area contributed by atoms with Crippen molar-refractivity contribution in [1.82, 2.24) is 26.6 Å². The fourth-order valence-corrected chi connectivity index (χ4v) is 5.54. The van der Waals surface area contributed by atoms with E-state index in [1.807, 2.05) is 0 Å². The summed E-state index contributed by atoms with van der Waals surface area (Å²) in [6.45, 7) is 3.20. The first-order chi connectivity index (χ1) is 14.4. The Labute approximate surface area is 168 Å². The van der Waals surface area contributed by atoms with Crippen molar-refractivity contribution in [3.05, 3.63) is 11.6 Å². The number of hydrogen-bond donors (Lipinski definition) is 5. The maximum Gasteiger partial charge on any atom is 0.113 e. The zero-order valence-electron chi connectivity index (χ0n) is 19.6. The standard InChI is InChI=1S/C21H39N5O/c1-3-23-19-11-14(2)24-21(26-19)25-17-12-16-7-10-27-20(16)18(13-17)15-5-4-8-22-9-6-15/h6,14,16-26H,3-5,7-13H2,1-2H3/i1D3. The first-order valence-electron chi connectivity index (χ1n) is 12.4. The third kappa shape index (κ3) is 4.92. The van der Waals surface area contributed by atoms with Crippen LogP contribution in [0, 0.1) is 11.8 Å². The van der Waals surface area contributed by atoms with E-state index in [2.05, 4.69) is 39.6 Å². The fraction of sp³-hybridized carbons (Fsp3) is 0.905. The van der Waals surface area contributed by atoms with Crippen molar-refractivity contribution < 1.29 is 8.85 Å². The van der Waals surface area contributed by atoms with Gasteiger partial charge in [0.25, 0.3) is 0 Å². The van der Waals surface area contributed by atoms with Crippen LogP contribution in [-0.4, -0.2) is 56.9 Å². The summed E-state index contributed by atoms with van der Waals surface area (Å²) < 4.78 is 28.6. The summed E-state index contributed by atoms with van der Waals surface area (Å²) in [6, 6.07) is 0.740. The molecule has 6 heteroatoms. The number of hydrogen-bond acceptors (Lipinski definition) is 6. The second-order valence-corrected chi connectivity index (χ2v) is 8.75. The topological polar surface area (TPSA) is 69.4 Å². The third-order valence-electron chi connectivity index (χ3n) is 6.75. The summed E-state index contributed by atoms with van der Waals surface area (Å²) in [5.74, 6) is 1.14. The Hall–Kier alpha value is -0.500. The van der Waals surface area contributed by atoms with Crippen molar-refractivity contribution in [2.75, 3.05) is 26.2 Å². The Bertz CT molecular complexity index is 602. The quantitative estimate of drug-likeness (QED) is 0.463. The van der Waals surface area contributed by atoms with Gasteiger partial charge < -0.3 is 15.4 Å². The van der Waals surface area contributed by atoms with E-state index in [1.54, 1.807) is 5.57 Å². The van der Waals surface area contributed by atoms with Crippen LogP contribution in [-0.2, 0) is 4.74 Å². The molecule has 154 valence electrons. The lowest BCUT2D eigenvalue weighted by molar-refractivity contribution is 0.0176. The predicted octanol–water partition coefficient (Wildman–Crippen LogP) is 1.26. The highest BCUT2D eigenvalue weighted by Crippen LogP contribution is 2.42. The average Bonchev–Trinajstić information content (AvgIpc) is 2.98. The van der Waals surface area contributed by atoms with Crippen molar-refractivity contribution >= 4 is 0 Å². The first kappa shape index (κ1) is 16.3. The van der Waals surface area contributed by atoms with Crippen LogP contribution in [0.2, 0.25) is 0 Å². The molecule has 4 aliphatic rings. The van der Waals surface area contributed by atoms with Crippen molar-refractivity contribution in [3.8, 4) is 0 Å². The molecule has 5 N–H and O–H groups in total. The molecule has 4 rings (SSSR count). The molecular weight excluding hydrogens is 338 g/mol. The molecular formula is C21H39N5O. The Morgan fingerprint density at radius 1 is 1.30 bits per heavy atom. The lowest BCUT2D eigenvalue weighted by atomic mass is 9.72. The molecule has 0 bridgehead atoms. The van der Waals surface area contributed by atoms with Crippen molar-refractivity contribution in [3.63, 3.8) is 0 Å². The molecule has 1 saturated carbocycles.